The maximum Gasteiger partial charge on any atom is 0.422 e. The van der Waals surface area contributed by atoms with Crippen molar-refractivity contribution in [3.05, 3.63) is 83.3 Å². The molecule has 0 unspecified atom stereocenters. The number of pyridine rings is 2. The molecular weight excluding hydrogens is 531 g/mol. The van der Waals surface area contributed by atoms with Crippen LogP contribution >= 0.6 is 11.6 Å². The predicted molar refractivity (Wildman–Crippen MR) is 132 cm³/mol. The maximum absolute atomic E-state index is 13.4. The van der Waals surface area contributed by atoms with Gasteiger partial charge in [-0.3, -0.25) is 14.7 Å². The summed E-state index contributed by atoms with van der Waals surface area (Å²) >= 11 is 6.12. The number of alkyl halides is 3. The van der Waals surface area contributed by atoms with E-state index in [9.17, 15) is 21.6 Å². The lowest BCUT2D eigenvalue weighted by Gasteiger charge is -2.15. The largest absolute Gasteiger partial charge is 0.495 e. The van der Waals surface area contributed by atoms with Crippen molar-refractivity contribution in [2.45, 2.75) is 11.1 Å². The topological polar surface area (TPSA) is 90.4 Å². The van der Waals surface area contributed by atoms with Crippen LogP contribution < -0.4 is 14.2 Å². The van der Waals surface area contributed by atoms with Gasteiger partial charge in [0.05, 0.1) is 29.4 Å². The molecule has 2 aromatic carbocycles. The van der Waals surface area contributed by atoms with Gasteiger partial charge >= 0.3 is 6.18 Å². The van der Waals surface area contributed by atoms with Gasteiger partial charge in [-0.15, -0.1) is 0 Å². The molecule has 0 fully saturated rings. The first-order valence-corrected chi connectivity index (χ1v) is 12.3. The Morgan fingerprint density at radius 2 is 1.81 bits per heavy atom. The fraction of sp³-hybridized carbons (Fsp3) is 0.120. The molecule has 2 heterocycles. The third kappa shape index (κ3) is 6.22. The van der Waals surface area contributed by atoms with Gasteiger partial charge in [0.25, 0.3) is 10.0 Å². The number of hydrogen-bond donors (Lipinski definition) is 1. The van der Waals surface area contributed by atoms with Gasteiger partial charge in [-0.1, -0.05) is 23.4 Å². The zero-order chi connectivity index (χ0) is 26.6. The highest BCUT2D eigenvalue weighted by Gasteiger charge is 2.29. The van der Waals surface area contributed by atoms with E-state index in [0.717, 1.165) is 12.1 Å². The third-order valence-electron chi connectivity index (χ3n) is 4.93. The van der Waals surface area contributed by atoms with Crippen molar-refractivity contribution in [3.63, 3.8) is 0 Å². The first kappa shape index (κ1) is 26.1. The van der Waals surface area contributed by atoms with Crippen LogP contribution in [0.2, 0.25) is 5.02 Å². The Morgan fingerprint density at radius 1 is 1.03 bits per heavy atom. The molecule has 0 atom stereocenters. The normalized spacial score (nSPS) is 11.5. The highest BCUT2D eigenvalue weighted by molar-refractivity contribution is 7.93. The van der Waals surface area contributed by atoms with Gasteiger partial charge in [-0.05, 0) is 48.5 Å². The molecule has 0 aliphatic heterocycles. The summed E-state index contributed by atoms with van der Waals surface area (Å²) in [6, 6.07) is 11.2. The number of halogens is 4. The van der Waals surface area contributed by atoms with Gasteiger partial charge < -0.3 is 9.47 Å². The first-order valence-electron chi connectivity index (χ1n) is 10.5. The molecule has 4 rings (SSSR count). The Bertz CT molecular complexity index is 1630. The van der Waals surface area contributed by atoms with E-state index in [0.29, 0.717) is 16.3 Å². The van der Waals surface area contributed by atoms with Crippen molar-refractivity contribution in [2.75, 3.05) is 18.4 Å². The SMILES string of the molecule is COc1ccncc1C#Cc1cc(Cl)ccc1NS(=O)(=O)c1ccc(OCC(F)(F)F)c2cccnc12. The second-order valence-electron chi connectivity index (χ2n) is 7.49. The maximum atomic E-state index is 13.4. The van der Waals surface area contributed by atoms with E-state index in [4.69, 9.17) is 21.1 Å². The molecule has 4 aromatic rings. The van der Waals surface area contributed by atoms with Crippen molar-refractivity contribution in [2.24, 2.45) is 0 Å². The molecule has 0 aliphatic carbocycles. The highest BCUT2D eigenvalue weighted by Crippen LogP contribution is 2.32. The number of aromatic nitrogens is 2. The minimum atomic E-state index is -4.56. The van der Waals surface area contributed by atoms with Crippen LogP contribution in [0.5, 0.6) is 11.5 Å². The summed E-state index contributed by atoms with van der Waals surface area (Å²) in [6.45, 7) is -1.53. The zero-order valence-electron chi connectivity index (χ0n) is 19.0. The van der Waals surface area contributed by atoms with Gasteiger partial charge in [0, 0.05) is 29.0 Å². The summed E-state index contributed by atoms with van der Waals surface area (Å²) in [5, 5.41) is 0.429. The Kier molecular flexibility index (Phi) is 7.42. The molecule has 0 bridgehead atoms. The van der Waals surface area contributed by atoms with Gasteiger partial charge in [-0.2, -0.15) is 13.2 Å². The Hall–Kier alpha value is -4.01. The van der Waals surface area contributed by atoms with Crippen LogP contribution in [0, 0.1) is 11.8 Å². The van der Waals surface area contributed by atoms with Gasteiger partial charge in [0.15, 0.2) is 6.61 Å². The summed E-state index contributed by atoms with van der Waals surface area (Å²) in [5.74, 6) is 6.09. The van der Waals surface area contributed by atoms with Crippen molar-refractivity contribution >= 4 is 38.2 Å². The minimum Gasteiger partial charge on any atom is -0.495 e. The number of sulfonamides is 1. The van der Waals surface area contributed by atoms with Gasteiger partial charge in [-0.25, -0.2) is 8.42 Å². The fourth-order valence-corrected chi connectivity index (χ4v) is 4.73. The minimum absolute atomic E-state index is 0.0589. The van der Waals surface area contributed by atoms with Crippen LogP contribution in [-0.4, -0.2) is 38.3 Å². The molecule has 12 heteroatoms. The summed E-state index contributed by atoms with van der Waals surface area (Å²) in [5.41, 5.74) is 0.811. The summed E-state index contributed by atoms with van der Waals surface area (Å²) in [7, 11) is -2.79. The molecular formula is C25H17ClF3N3O4S. The summed E-state index contributed by atoms with van der Waals surface area (Å²) in [4.78, 5) is 7.82. The Balaban J connectivity index is 1.72. The van der Waals surface area contributed by atoms with E-state index in [1.54, 1.807) is 12.3 Å². The van der Waals surface area contributed by atoms with Crippen LogP contribution in [0.3, 0.4) is 0 Å². The molecule has 0 amide bonds. The number of methoxy groups -OCH3 is 1. The zero-order valence-corrected chi connectivity index (χ0v) is 20.6. The van der Waals surface area contributed by atoms with Crippen LogP contribution in [0.25, 0.3) is 10.9 Å². The third-order valence-corrected chi connectivity index (χ3v) is 6.56. The smallest absolute Gasteiger partial charge is 0.422 e. The number of nitrogens with one attached hydrogen (secondary N) is 1. The van der Waals surface area contributed by atoms with E-state index in [2.05, 4.69) is 26.5 Å². The number of fused-ring (bicyclic) bond motifs is 1. The first-order chi connectivity index (χ1) is 17.6. The van der Waals surface area contributed by atoms with Crippen molar-refractivity contribution in [1.29, 1.82) is 0 Å². The monoisotopic (exact) mass is 547 g/mol. The number of hydrogen-bond acceptors (Lipinski definition) is 6. The Labute approximate surface area is 215 Å². The molecule has 0 spiro atoms. The number of rotatable bonds is 6. The molecule has 2 aromatic heterocycles. The fourth-order valence-electron chi connectivity index (χ4n) is 3.32. The lowest BCUT2D eigenvalue weighted by molar-refractivity contribution is -0.153. The van der Waals surface area contributed by atoms with E-state index in [-0.39, 0.29) is 32.8 Å². The van der Waals surface area contributed by atoms with Gasteiger partial charge in [0.1, 0.15) is 16.4 Å². The van der Waals surface area contributed by atoms with Crippen LogP contribution in [-0.2, 0) is 10.0 Å². The molecule has 0 saturated carbocycles. The summed E-state index contributed by atoms with van der Waals surface area (Å²) < 4.78 is 77.3. The number of ether oxygens (including phenoxy) is 2. The second kappa shape index (κ2) is 10.5. The van der Waals surface area contributed by atoms with Crippen molar-refractivity contribution in [1.82, 2.24) is 9.97 Å². The van der Waals surface area contributed by atoms with Crippen molar-refractivity contribution in [3.8, 4) is 23.3 Å². The molecule has 190 valence electrons. The Morgan fingerprint density at radius 3 is 2.57 bits per heavy atom. The van der Waals surface area contributed by atoms with E-state index < -0.39 is 22.8 Å². The molecule has 0 radical (unpaired) electrons. The number of anilines is 1. The van der Waals surface area contributed by atoms with Crippen LogP contribution in [0.4, 0.5) is 18.9 Å². The van der Waals surface area contributed by atoms with Gasteiger partial charge in [0.2, 0.25) is 0 Å². The lowest BCUT2D eigenvalue weighted by Crippen LogP contribution is -2.19. The average Bonchev–Trinajstić information content (AvgIpc) is 2.86. The van der Waals surface area contributed by atoms with Crippen LogP contribution in [0.15, 0.2) is 72.0 Å². The van der Waals surface area contributed by atoms with E-state index in [1.807, 2.05) is 0 Å². The molecule has 7 nitrogen and oxygen atoms in total. The molecule has 1 N–H and O–H groups in total. The summed E-state index contributed by atoms with van der Waals surface area (Å²) in [6.07, 6.45) is -0.191. The lowest BCUT2D eigenvalue weighted by atomic mass is 10.1. The number of benzene rings is 2. The number of nitrogens with zero attached hydrogens (tertiary/aromatic N) is 2. The second-order valence-corrected chi connectivity index (χ2v) is 9.57. The molecule has 0 aliphatic rings. The molecule has 37 heavy (non-hydrogen) atoms. The standard InChI is InChI=1S/C25H17ClF3N3O4S/c1-35-21-10-12-30-14-17(21)5-4-16-13-18(26)6-7-20(16)32-37(33,34)23-9-8-22(36-15-25(27,28)29)19-3-2-11-31-24(19)23/h2-3,6-14,32H,15H2,1H3. The highest BCUT2D eigenvalue weighted by atomic mass is 35.5. The average molecular weight is 548 g/mol. The predicted octanol–water partition coefficient (Wildman–Crippen LogP) is 5.43. The van der Waals surface area contributed by atoms with Crippen molar-refractivity contribution < 1.29 is 31.1 Å². The van der Waals surface area contributed by atoms with E-state index >= 15 is 0 Å². The van der Waals surface area contributed by atoms with E-state index in [1.165, 1.54) is 49.8 Å². The van der Waals surface area contributed by atoms with Crippen LogP contribution in [0.1, 0.15) is 11.1 Å². The molecule has 0 saturated heterocycles. The quantitative estimate of drug-likeness (QED) is 0.324.